The third-order valence-electron chi connectivity index (χ3n) is 5.49. The molecule has 1 N–H and O–H groups in total. The van der Waals surface area contributed by atoms with Gasteiger partial charge in [-0.25, -0.2) is 4.39 Å². The number of ether oxygens (including phenoxy) is 2. The number of methoxy groups -OCH3 is 1. The molecule has 0 spiro atoms. The molecule has 0 amide bonds. The molecular weight excluding hydrogens is 329 g/mol. The fourth-order valence-corrected chi connectivity index (χ4v) is 4.57. The van der Waals surface area contributed by atoms with Crippen molar-refractivity contribution < 1.29 is 13.9 Å². The van der Waals surface area contributed by atoms with Gasteiger partial charge in [0.2, 0.25) is 0 Å². The Hall–Kier alpha value is -1.55. The molecule has 26 heavy (non-hydrogen) atoms. The molecule has 1 aromatic carbocycles. The van der Waals surface area contributed by atoms with Crippen LogP contribution in [-0.2, 0) is 6.42 Å². The highest BCUT2D eigenvalue weighted by Gasteiger charge is 2.53. The Bertz CT molecular complexity index is 604. The van der Waals surface area contributed by atoms with Gasteiger partial charge in [0.15, 0.2) is 11.5 Å². The Morgan fingerprint density at radius 3 is 2.65 bits per heavy atom. The zero-order valence-electron chi connectivity index (χ0n) is 16.8. The second-order valence-corrected chi connectivity index (χ2v) is 6.54. The summed E-state index contributed by atoms with van der Waals surface area (Å²) in [5, 5.41) is 3.57. The summed E-state index contributed by atoms with van der Waals surface area (Å²) in [6.07, 6.45) is 3.12. The number of alkyl halides is 1. The van der Waals surface area contributed by atoms with E-state index in [2.05, 4.69) is 18.0 Å². The van der Waals surface area contributed by atoms with Crippen LogP contribution in [0.15, 0.2) is 24.8 Å². The first-order valence-electron chi connectivity index (χ1n) is 10.1. The van der Waals surface area contributed by atoms with E-state index in [1.807, 2.05) is 39.8 Å². The minimum atomic E-state index is -0.885. The van der Waals surface area contributed by atoms with Crippen molar-refractivity contribution in [2.75, 3.05) is 13.7 Å². The van der Waals surface area contributed by atoms with Gasteiger partial charge in [-0.05, 0) is 36.8 Å². The van der Waals surface area contributed by atoms with Gasteiger partial charge in [-0.15, -0.1) is 6.58 Å². The van der Waals surface area contributed by atoms with E-state index < -0.39 is 6.17 Å². The molecule has 3 nitrogen and oxygen atoms in total. The van der Waals surface area contributed by atoms with Gasteiger partial charge in [0, 0.05) is 24.1 Å². The third-order valence-corrected chi connectivity index (χ3v) is 5.49. The summed E-state index contributed by atoms with van der Waals surface area (Å²) in [6, 6.07) is 4.43. The van der Waals surface area contributed by atoms with Gasteiger partial charge < -0.3 is 14.8 Å². The van der Waals surface area contributed by atoms with Crippen LogP contribution in [-0.4, -0.2) is 32.0 Å². The molecule has 3 unspecified atom stereocenters. The predicted octanol–water partition coefficient (Wildman–Crippen LogP) is 5.04. The highest BCUT2D eigenvalue weighted by molar-refractivity contribution is 5.57. The van der Waals surface area contributed by atoms with Crippen LogP contribution in [0.4, 0.5) is 4.39 Å². The second-order valence-electron chi connectivity index (χ2n) is 6.54. The van der Waals surface area contributed by atoms with Crippen molar-refractivity contribution in [1.82, 2.24) is 5.32 Å². The summed E-state index contributed by atoms with van der Waals surface area (Å²) < 4.78 is 25.9. The van der Waals surface area contributed by atoms with Gasteiger partial charge in [0.1, 0.15) is 12.3 Å². The Morgan fingerprint density at radius 1 is 1.27 bits per heavy atom. The highest BCUT2D eigenvalue weighted by Crippen LogP contribution is 2.57. The molecule has 3 aliphatic rings. The topological polar surface area (TPSA) is 30.5 Å². The smallest absolute Gasteiger partial charge is 0.165 e. The van der Waals surface area contributed by atoms with E-state index in [9.17, 15) is 4.39 Å². The fraction of sp³-hybridized carbons (Fsp3) is 0.636. The lowest BCUT2D eigenvalue weighted by molar-refractivity contribution is 0.0284. The lowest BCUT2D eigenvalue weighted by Crippen LogP contribution is -2.50. The molecule has 0 radical (unpaired) electrons. The van der Waals surface area contributed by atoms with Gasteiger partial charge >= 0.3 is 0 Å². The molecule has 0 bridgehead atoms. The summed E-state index contributed by atoms with van der Waals surface area (Å²) in [4.78, 5) is 0. The molecule has 1 aliphatic heterocycles. The van der Waals surface area contributed by atoms with Crippen LogP contribution in [0.5, 0.6) is 11.5 Å². The van der Waals surface area contributed by atoms with Gasteiger partial charge in [0.25, 0.3) is 0 Å². The van der Waals surface area contributed by atoms with E-state index in [-0.39, 0.29) is 12.0 Å². The van der Waals surface area contributed by atoms with Crippen molar-refractivity contribution in [2.24, 2.45) is 5.92 Å². The molecule has 1 heterocycles. The SMILES string of the molecule is C=CCN[C@H]1Cc2ccc(OC)c3c2C2C1CCC(F)[C@H]2O3.CC.CC. The van der Waals surface area contributed by atoms with Gasteiger partial charge in [-0.1, -0.05) is 39.8 Å². The van der Waals surface area contributed by atoms with Gasteiger partial charge in [-0.2, -0.15) is 0 Å². The summed E-state index contributed by atoms with van der Waals surface area (Å²) >= 11 is 0. The van der Waals surface area contributed by atoms with E-state index >= 15 is 0 Å². The van der Waals surface area contributed by atoms with Gasteiger partial charge in [0.05, 0.1) is 7.11 Å². The van der Waals surface area contributed by atoms with Crippen molar-refractivity contribution in [2.45, 2.75) is 71.2 Å². The van der Waals surface area contributed by atoms with Crippen LogP contribution in [0.25, 0.3) is 0 Å². The predicted molar refractivity (Wildman–Crippen MR) is 106 cm³/mol. The van der Waals surface area contributed by atoms with E-state index in [1.165, 1.54) is 11.1 Å². The first-order valence-corrected chi connectivity index (χ1v) is 10.1. The Morgan fingerprint density at radius 2 is 2.00 bits per heavy atom. The number of hydrogen-bond acceptors (Lipinski definition) is 3. The lowest BCUT2D eigenvalue weighted by Gasteiger charge is -2.43. The molecule has 1 aromatic rings. The van der Waals surface area contributed by atoms with E-state index in [0.29, 0.717) is 18.4 Å². The highest BCUT2D eigenvalue weighted by atomic mass is 19.1. The average Bonchev–Trinajstić information content (AvgIpc) is 3.11. The van der Waals surface area contributed by atoms with Crippen LogP contribution in [0.2, 0.25) is 0 Å². The number of rotatable bonds is 4. The molecular formula is C22H34FNO2. The second kappa shape index (κ2) is 9.40. The fourth-order valence-electron chi connectivity index (χ4n) is 4.57. The zero-order valence-corrected chi connectivity index (χ0v) is 16.8. The number of benzene rings is 1. The van der Waals surface area contributed by atoms with Crippen molar-refractivity contribution in [3.63, 3.8) is 0 Å². The molecule has 5 atom stereocenters. The maximum atomic E-state index is 14.4. The van der Waals surface area contributed by atoms with Crippen LogP contribution < -0.4 is 14.8 Å². The van der Waals surface area contributed by atoms with Crippen molar-refractivity contribution in [1.29, 1.82) is 0 Å². The maximum absolute atomic E-state index is 14.4. The number of nitrogens with one attached hydrogen (secondary N) is 1. The van der Waals surface area contributed by atoms with E-state index in [4.69, 9.17) is 9.47 Å². The summed E-state index contributed by atoms with van der Waals surface area (Å²) in [6.45, 7) is 12.6. The molecule has 2 aliphatic carbocycles. The first-order chi connectivity index (χ1) is 12.7. The van der Waals surface area contributed by atoms with Crippen LogP contribution in [0, 0.1) is 5.92 Å². The monoisotopic (exact) mass is 363 g/mol. The largest absolute Gasteiger partial charge is 0.493 e. The molecule has 146 valence electrons. The van der Waals surface area contributed by atoms with Crippen molar-refractivity contribution >= 4 is 0 Å². The Labute approximate surface area is 158 Å². The number of halogens is 1. The summed E-state index contributed by atoms with van der Waals surface area (Å²) in [5.74, 6) is 2.10. The Balaban J connectivity index is 0.000000570. The molecule has 4 rings (SSSR count). The minimum absolute atomic E-state index is 0.153. The zero-order chi connectivity index (χ0) is 19.3. The van der Waals surface area contributed by atoms with Crippen LogP contribution in [0.1, 0.15) is 57.6 Å². The standard InChI is InChI=1S/C18H22FNO2.2C2H6/c1-3-8-20-13-9-10-4-7-14(21-2)18-15(10)16-11(13)5-6-12(19)17(16)22-18;2*1-2/h3-4,7,11-13,16-17,20H,1,5-6,8-9H2,2H3;2*1-2H3/t11?,12?,13-,16?,17+;;/m0../s1. The minimum Gasteiger partial charge on any atom is -0.493 e. The molecule has 4 heteroatoms. The van der Waals surface area contributed by atoms with Gasteiger partial charge in [-0.3, -0.25) is 0 Å². The maximum Gasteiger partial charge on any atom is 0.165 e. The van der Waals surface area contributed by atoms with Crippen molar-refractivity contribution in [3.8, 4) is 11.5 Å². The molecule has 0 aromatic heterocycles. The van der Waals surface area contributed by atoms with E-state index in [1.54, 1.807) is 7.11 Å². The quantitative estimate of drug-likeness (QED) is 0.760. The molecule has 0 saturated heterocycles. The first kappa shape index (κ1) is 20.8. The van der Waals surface area contributed by atoms with E-state index in [0.717, 1.165) is 30.9 Å². The molecule has 1 fully saturated rings. The normalized spacial score (nSPS) is 29.8. The number of hydrogen-bond donors (Lipinski definition) is 1. The van der Waals surface area contributed by atoms with Crippen LogP contribution in [0.3, 0.4) is 0 Å². The summed E-state index contributed by atoms with van der Waals surface area (Å²) in [7, 11) is 1.64. The Kier molecular flexibility index (Phi) is 7.51. The van der Waals surface area contributed by atoms with Crippen LogP contribution >= 0.6 is 0 Å². The van der Waals surface area contributed by atoms with Crippen molar-refractivity contribution in [3.05, 3.63) is 35.9 Å². The average molecular weight is 364 g/mol. The third kappa shape index (κ3) is 3.48. The lowest BCUT2D eigenvalue weighted by atomic mass is 9.65. The summed E-state index contributed by atoms with van der Waals surface area (Å²) in [5.41, 5.74) is 2.48. The molecule has 1 saturated carbocycles.